The van der Waals surface area contributed by atoms with E-state index in [9.17, 15) is 146 Å². The first kappa shape index (κ1) is 99.0. The highest BCUT2D eigenvalue weighted by Crippen LogP contribution is 2.22. The standard InChI is InChI=1S/C71H102N12O32/c1-35(2)32-49(37(4)85)81-71(114)51-6-5-30-83(51)52(86)34-115-31-29-73-64(107)50(33-38-7-9-39(10-8-38)36(3)84)82-70(113)43(14-23-56(93)94)75-62(105)40(11-20-53(87)88)42(13-22-55(91)92)74-65(108)45(16-25-58(97)98)77-67(110)47(18-27-60(101)102)79-69(112)48(19-28-61(103)104)80-68(111)46(17-26-59(99)100)78-66(109)44(15-24-57(95)96)76-63(106)41(72)12-21-54(89)90/h7-10,35,40-51H,5-6,11-34,72H2,1-4H3,(H,73,107)(H,74,108)(H,75,105)(H,76,106)(H,77,110)(H,78,109)(H,79,112)(H,80,111)(H,81,114)(H,82,113)(H,87,88)(H,89,90)(H,91,92)(H,93,94)(H,95,96)(H,97,98)(H,99,100)(H,101,102)(H,103,104)/t40-,41+,42+,43+,44+,45+,46+,47+,48+,49-,50-,51-/m0/s1. The maximum Gasteiger partial charge on any atom is 0.303 e. The van der Waals surface area contributed by atoms with Crippen LogP contribution in [-0.4, -0.2) is 274 Å². The minimum atomic E-state index is -2.18. The van der Waals surface area contributed by atoms with Crippen LogP contribution in [0.4, 0.5) is 0 Å². The number of likely N-dealkylation sites (tertiary alicyclic amines) is 1. The van der Waals surface area contributed by atoms with E-state index in [1.165, 1.54) is 43.0 Å². The third-order valence-corrected chi connectivity index (χ3v) is 17.8. The van der Waals surface area contributed by atoms with Crippen LogP contribution >= 0.6 is 0 Å². The predicted octanol–water partition coefficient (Wildman–Crippen LogP) is -3.72. The van der Waals surface area contributed by atoms with E-state index in [0.717, 1.165) is 0 Å². The van der Waals surface area contributed by atoms with Crippen LogP contribution in [0.5, 0.6) is 0 Å². The molecule has 12 atom stereocenters. The minimum absolute atomic E-state index is 0.0617. The summed E-state index contributed by atoms with van der Waals surface area (Å²) >= 11 is 0. The van der Waals surface area contributed by atoms with Gasteiger partial charge in [-0.3, -0.25) is 105 Å². The molecule has 1 heterocycles. The largest absolute Gasteiger partial charge is 0.481 e. The smallest absolute Gasteiger partial charge is 0.303 e. The van der Waals surface area contributed by atoms with E-state index in [-0.39, 0.29) is 49.2 Å². The Labute approximate surface area is 657 Å². The summed E-state index contributed by atoms with van der Waals surface area (Å²) in [4.78, 5) is 287. The molecule has 1 aliphatic rings. The van der Waals surface area contributed by atoms with E-state index < -0.39 is 313 Å². The number of hydrogen-bond donors (Lipinski definition) is 20. The molecular formula is C71H102N12O32. The average molecular weight is 1640 g/mol. The molecule has 44 heteroatoms. The maximum absolute atomic E-state index is 14.8. The zero-order valence-corrected chi connectivity index (χ0v) is 63.6. The minimum Gasteiger partial charge on any atom is -0.481 e. The molecule has 1 saturated heterocycles. The van der Waals surface area contributed by atoms with Gasteiger partial charge in [0.05, 0.1) is 24.6 Å². The van der Waals surface area contributed by atoms with Crippen molar-refractivity contribution in [1.82, 2.24) is 58.1 Å². The van der Waals surface area contributed by atoms with Crippen molar-refractivity contribution >= 4 is 130 Å². The second-order valence-electron chi connectivity index (χ2n) is 27.5. The van der Waals surface area contributed by atoms with Crippen molar-refractivity contribution in [3.8, 4) is 0 Å². The molecule has 1 aliphatic heterocycles. The lowest BCUT2D eigenvalue weighted by Gasteiger charge is -2.31. The highest BCUT2D eigenvalue weighted by molar-refractivity contribution is 5.99. The number of carbonyl (C=O) groups excluding carboxylic acids is 13. The van der Waals surface area contributed by atoms with Crippen molar-refractivity contribution in [2.75, 3.05) is 26.3 Å². The Morgan fingerprint density at radius 2 is 0.765 bits per heavy atom. The van der Waals surface area contributed by atoms with Gasteiger partial charge in [0, 0.05) is 88.9 Å². The molecule has 0 radical (unpaired) electrons. The van der Waals surface area contributed by atoms with Crippen molar-refractivity contribution in [1.29, 1.82) is 0 Å². The van der Waals surface area contributed by atoms with Gasteiger partial charge in [0.25, 0.3) is 0 Å². The number of hydrogen-bond acceptors (Lipinski definition) is 24. The topological polar surface area (TPSA) is 716 Å². The zero-order valence-electron chi connectivity index (χ0n) is 63.6. The monoisotopic (exact) mass is 1630 g/mol. The van der Waals surface area contributed by atoms with E-state index in [4.69, 9.17) is 15.6 Å². The van der Waals surface area contributed by atoms with Gasteiger partial charge < -0.3 is 114 Å². The van der Waals surface area contributed by atoms with Gasteiger partial charge >= 0.3 is 53.7 Å². The molecule has 1 aromatic rings. The number of nitrogens with one attached hydrogen (secondary N) is 10. The quantitative estimate of drug-likeness (QED) is 0.0220. The van der Waals surface area contributed by atoms with Gasteiger partial charge in [-0.2, -0.15) is 0 Å². The summed E-state index contributed by atoms with van der Waals surface area (Å²) in [7, 11) is 0. The number of ketones is 2. The molecular weight excluding hydrogens is 1530 g/mol. The third-order valence-electron chi connectivity index (χ3n) is 17.8. The second kappa shape index (κ2) is 50.8. The Bertz CT molecular complexity index is 3680. The molecule has 0 aliphatic carbocycles. The molecule has 0 spiro atoms. The maximum atomic E-state index is 14.8. The van der Waals surface area contributed by atoms with Gasteiger partial charge in [-0.05, 0) is 102 Å². The second-order valence-corrected chi connectivity index (χ2v) is 27.5. The van der Waals surface area contributed by atoms with Gasteiger partial charge in [0.15, 0.2) is 11.6 Å². The van der Waals surface area contributed by atoms with Gasteiger partial charge in [-0.1, -0.05) is 38.1 Å². The molecule has 1 aromatic carbocycles. The molecule has 0 saturated carbocycles. The number of carbonyl (C=O) groups is 22. The Morgan fingerprint density at radius 1 is 0.417 bits per heavy atom. The molecule has 0 unspecified atom stereocenters. The van der Waals surface area contributed by atoms with Crippen LogP contribution < -0.4 is 58.9 Å². The number of carboxylic acid groups (broad SMARTS) is 9. The first-order chi connectivity index (χ1) is 53.9. The molecule has 2 rings (SSSR count). The van der Waals surface area contributed by atoms with Gasteiger partial charge in [-0.15, -0.1) is 0 Å². The predicted molar refractivity (Wildman–Crippen MR) is 390 cm³/mol. The number of rotatable bonds is 58. The van der Waals surface area contributed by atoms with Crippen molar-refractivity contribution in [3.05, 3.63) is 35.4 Å². The Hall–Kier alpha value is -12.1. The van der Waals surface area contributed by atoms with E-state index in [0.29, 0.717) is 24.8 Å². The van der Waals surface area contributed by atoms with Crippen LogP contribution in [0.15, 0.2) is 24.3 Å². The molecule has 0 bridgehead atoms. The molecule has 44 nitrogen and oxygen atoms in total. The first-order valence-electron chi connectivity index (χ1n) is 36.6. The highest BCUT2D eigenvalue weighted by Gasteiger charge is 2.40. The number of amides is 11. The summed E-state index contributed by atoms with van der Waals surface area (Å²) in [5.41, 5.74) is 6.30. The molecule has 11 amide bonds. The molecule has 21 N–H and O–H groups in total. The highest BCUT2D eigenvalue weighted by atomic mass is 16.5. The average Bonchev–Trinajstić information content (AvgIpc) is 1.81. The number of ether oxygens (including phenoxy) is 1. The van der Waals surface area contributed by atoms with Crippen molar-refractivity contribution in [2.45, 2.75) is 235 Å². The van der Waals surface area contributed by atoms with Crippen LogP contribution in [-0.2, 0) is 112 Å². The first-order valence-corrected chi connectivity index (χ1v) is 36.6. The number of nitrogens with zero attached hydrogens (tertiary/aromatic N) is 1. The molecule has 0 aromatic heterocycles. The van der Waals surface area contributed by atoms with E-state index in [1.807, 2.05) is 13.8 Å². The summed E-state index contributed by atoms with van der Waals surface area (Å²) in [5, 5.41) is 109. The molecule has 115 heavy (non-hydrogen) atoms. The number of benzene rings is 1. The summed E-state index contributed by atoms with van der Waals surface area (Å²) in [6.45, 7) is 5.31. The Kier molecular flexibility index (Phi) is 43.7. The lowest BCUT2D eigenvalue weighted by molar-refractivity contribution is -0.142. The van der Waals surface area contributed by atoms with Crippen LogP contribution in [0.2, 0.25) is 0 Å². The van der Waals surface area contributed by atoms with Crippen LogP contribution in [0.3, 0.4) is 0 Å². The Balaban J connectivity index is 2.64. The van der Waals surface area contributed by atoms with Crippen LogP contribution in [0, 0.1) is 11.8 Å². The van der Waals surface area contributed by atoms with Crippen molar-refractivity contribution < 1.29 is 156 Å². The fraction of sp³-hybridized carbons (Fsp3) is 0.606. The molecule has 638 valence electrons. The third kappa shape index (κ3) is 39.3. The SMILES string of the molecule is CC(=O)c1ccc(C[C@H](NC(=O)[C@@H](CCC(=O)O)NC(=O)[C@@H](CCC(=O)O)[C@@H](CCC(=O)O)NC(=O)[C@@H](CCC(=O)O)NC(=O)[C@@H](CCC(=O)O)NC(=O)[C@@H](CCC(=O)O)NC(=O)[C@@H](CCC(=O)O)NC(=O)[C@@H](CCC(=O)O)NC(=O)[C@H](N)CCC(=O)O)C(=O)NCCOCC(=O)N2CCC[C@H]2C(=O)N[C@@H](CC(C)C)C(C)=O)cc1. The fourth-order valence-electron chi connectivity index (χ4n) is 11.6. The number of aliphatic carboxylic acids is 9. The zero-order chi connectivity index (χ0) is 86.9. The summed E-state index contributed by atoms with van der Waals surface area (Å²) in [5.74, 6) is -30.0. The summed E-state index contributed by atoms with van der Waals surface area (Å²) in [6.07, 6.45) is -14.8. The van der Waals surface area contributed by atoms with Crippen LogP contribution in [0.25, 0.3) is 0 Å². The Morgan fingerprint density at radius 3 is 1.14 bits per heavy atom. The van der Waals surface area contributed by atoms with Crippen molar-refractivity contribution in [3.63, 3.8) is 0 Å². The number of carboxylic acids is 9. The van der Waals surface area contributed by atoms with Crippen molar-refractivity contribution in [2.24, 2.45) is 17.6 Å². The summed E-state index contributed by atoms with van der Waals surface area (Å²) in [6, 6.07) is -13.5. The van der Waals surface area contributed by atoms with Gasteiger partial charge in [0.2, 0.25) is 65.0 Å². The number of Topliss-reactive ketones (excluding diaryl/α,β-unsaturated/α-hetero) is 2. The van der Waals surface area contributed by atoms with E-state index >= 15 is 0 Å². The van der Waals surface area contributed by atoms with E-state index in [1.54, 1.807) is 0 Å². The lowest BCUT2D eigenvalue weighted by Crippen LogP contribution is -2.60. The van der Waals surface area contributed by atoms with Gasteiger partial charge in [-0.25, -0.2) is 0 Å². The van der Waals surface area contributed by atoms with E-state index in [2.05, 4.69) is 53.2 Å². The fourth-order valence-corrected chi connectivity index (χ4v) is 11.6. The molecule has 1 fully saturated rings. The number of nitrogens with two attached hydrogens (primary N) is 1. The van der Waals surface area contributed by atoms with Gasteiger partial charge in [0.1, 0.15) is 54.9 Å². The lowest BCUT2D eigenvalue weighted by atomic mass is 9.89. The summed E-state index contributed by atoms with van der Waals surface area (Å²) < 4.78 is 5.56. The normalized spacial score (nSPS) is 15.2. The van der Waals surface area contributed by atoms with Crippen LogP contribution in [0.1, 0.15) is 178 Å².